The first kappa shape index (κ1) is 13.1. The van der Waals surface area contributed by atoms with Crippen LogP contribution < -0.4 is 5.32 Å². The van der Waals surface area contributed by atoms with Crippen LogP contribution in [0.1, 0.15) is 43.6 Å². The SMILES string of the molecule is O=C1CCCC2=C1C(c1cccnc1)C1=C(CCCS1)N2. The van der Waals surface area contributed by atoms with E-state index in [4.69, 9.17) is 0 Å². The van der Waals surface area contributed by atoms with E-state index in [0.717, 1.165) is 36.2 Å². The summed E-state index contributed by atoms with van der Waals surface area (Å²) in [7, 11) is 0. The number of hydrogen-bond acceptors (Lipinski definition) is 4. The van der Waals surface area contributed by atoms with Crippen molar-refractivity contribution >= 4 is 17.5 Å². The fraction of sp³-hybridized carbons (Fsp3) is 0.412. The van der Waals surface area contributed by atoms with E-state index >= 15 is 0 Å². The summed E-state index contributed by atoms with van der Waals surface area (Å²) in [5, 5.41) is 3.58. The van der Waals surface area contributed by atoms with Gasteiger partial charge in [0.2, 0.25) is 0 Å². The van der Waals surface area contributed by atoms with E-state index in [9.17, 15) is 4.79 Å². The Balaban J connectivity index is 1.87. The van der Waals surface area contributed by atoms with Crippen LogP contribution >= 0.6 is 11.8 Å². The van der Waals surface area contributed by atoms with Crippen molar-refractivity contribution in [1.29, 1.82) is 0 Å². The topological polar surface area (TPSA) is 42.0 Å². The summed E-state index contributed by atoms with van der Waals surface area (Å²) in [6.45, 7) is 0. The van der Waals surface area contributed by atoms with Crippen LogP contribution in [0.4, 0.5) is 0 Å². The second-order valence-electron chi connectivity index (χ2n) is 5.81. The van der Waals surface area contributed by atoms with Crippen molar-refractivity contribution in [3.05, 3.63) is 52.0 Å². The number of pyridine rings is 1. The van der Waals surface area contributed by atoms with E-state index in [1.807, 2.05) is 24.0 Å². The molecule has 0 saturated heterocycles. The molecule has 0 aromatic carbocycles. The number of aromatic nitrogens is 1. The minimum Gasteiger partial charge on any atom is -0.361 e. The van der Waals surface area contributed by atoms with Crippen LogP contribution in [-0.4, -0.2) is 16.5 Å². The third-order valence-corrected chi connectivity index (χ3v) is 5.74. The molecule has 1 aromatic rings. The van der Waals surface area contributed by atoms with Crippen molar-refractivity contribution in [3.8, 4) is 0 Å². The first-order chi connectivity index (χ1) is 10.3. The smallest absolute Gasteiger partial charge is 0.161 e. The van der Waals surface area contributed by atoms with Crippen LogP contribution in [0.25, 0.3) is 0 Å². The van der Waals surface area contributed by atoms with Gasteiger partial charge in [-0.3, -0.25) is 9.78 Å². The molecule has 1 aromatic heterocycles. The molecule has 108 valence electrons. The van der Waals surface area contributed by atoms with Crippen LogP contribution in [0, 0.1) is 0 Å². The minimum absolute atomic E-state index is 0.114. The summed E-state index contributed by atoms with van der Waals surface area (Å²) in [6.07, 6.45) is 8.69. The Morgan fingerprint density at radius 1 is 1.19 bits per heavy atom. The standard InChI is InChI=1S/C17H18N2OS/c20-14-7-1-5-12-16(14)15(11-4-2-8-18-10-11)17-13(19-12)6-3-9-21-17/h2,4,8,10,15,19H,1,3,5-7,9H2. The van der Waals surface area contributed by atoms with Crippen molar-refractivity contribution < 1.29 is 4.79 Å². The van der Waals surface area contributed by atoms with E-state index < -0.39 is 0 Å². The molecule has 0 fully saturated rings. The lowest BCUT2D eigenvalue weighted by Gasteiger charge is -2.37. The molecule has 1 unspecified atom stereocenters. The molecule has 3 aliphatic rings. The Bertz CT molecular complexity index is 648. The number of carbonyl (C=O) groups is 1. The number of thioether (sulfide) groups is 1. The zero-order chi connectivity index (χ0) is 14.2. The van der Waals surface area contributed by atoms with Gasteiger partial charge in [0.1, 0.15) is 0 Å². The fourth-order valence-electron chi connectivity index (χ4n) is 3.53. The molecule has 4 heteroatoms. The lowest BCUT2D eigenvalue weighted by atomic mass is 9.79. The zero-order valence-corrected chi connectivity index (χ0v) is 12.7. The predicted molar refractivity (Wildman–Crippen MR) is 84.7 cm³/mol. The van der Waals surface area contributed by atoms with Gasteiger partial charge in [-0.2, -0.15) is 0 Å². The Hall–Kier alpha value is -1.55. The molecule has 1 atom stereocenters. The van der Waals surface area contributed by atoms with Crippen LogP contribution in [0.3, 0.4) is 0 Å². The third kappa shape index (κ3) is 2.22. The van der Waals surface area contributed by atoms with Crippen molar-refractivity contribution in [2.45, 2.75) is 38.0 Å². The van der Waals surface area contributed by atoms with Gasteiger partial charge in [0.25, 0.3) is 0 Å². The van der Waals surface area contributed by atoms with Gasteiger partial charge in [-0.25, -0.2) is 0 Å². The summed E-state index contributed by atoms with van der Waals surface area (Å²) in [6, 6.07) is 4.08. The van der Waals surface area contributed by atoms with Gasteiger partial charge in [-0.15, -0.1) is 11.8 Å². The highest BCUT2D eigenvalue weighted by Gasteiger charge is 2.37. The van der Waals surface area contributed by atoms with E-state index in [-0.39, 0.29) is 5.92 Å². The lowest BCUT2D eigenvalue weighted by molar-refractivity contribution is -0.116. The Morgan fingerprint density at radius 2 is 2.10 bits per heavy atom. The highest BCUT2D eigenvalue weighted by Crippen LogP contribution is 2.48. The number of allylic oxidation sites excluding steroid dienone is 4. The van der Waals surface area contributed by atoms with E-state index in [2.05, 4.69) is 16.4 Å². The zero-order valence-electron chi connectivity index (χ0n) is 11.9. The summed E-state index contributed by atoms with van der Waals surface area (Å²) in [4.78, 5) is 18.2. The van der Waals surface area contributed by atoms with Gasteiger partial charge in [-0.1, -0.05) is 6.07 Å². The van der Waals surface area contributed by atoms with Crippen molar-refractivity contribution in [2.75, 3.05) is 5.75 Å². The van der Waals surface area contributed by atoms with Crippen molar-refractivity contribution in [3.63, 3.8) is 0 Å². The van der Waals surface area contributed by atoms with E-state index in [0.29, 0.717) is 12.2 Å². The normalized spacial score (nSPS) is 25.3. The number of hydrogen-bond donors (Lipinski definition) is 1. The number of ketones is 1. The number of rotatable bonds is 1. The molecule has 21 heavy (non-hydrogen) atoms. The van der Waals surface area contributed by atoms with Gasteiger partial charge < -0.3 is 5.32 Å². The maximum atomic E-state index is 12.5. The predicted octanol–water partition coefficient (Wildman–Crippen LogP) is 3.51. The molecule has 0 saturated carbocycles. The number of dihydropyridines is 1. The van der Waals surface area contributed by atoms with Gasteiger partial charge in [0.05, 0.1) is 0 Å². The molecule has 0 bridgehead atoms. The van der Waals surface area contributed by atoms with Crippen molar-refractivity contribution in [1.82, 2.24) is 10.3 Å². The third-order valence-electron chi connectivity index (χ3n) is 4.45. The van der Waals surface area contributed by atoms with Gasteiger partial charge in [0.15, 0.2) is 5.78 Å². The highest BCUT2D eigenvalue weighted by atomic mass is 32.2. The molecule has 2 aliphatic heterocycles. The molecule has 0 amide bonds. The number of carbonyl (C=O) groups excluding carboxylic acids is 1. The molecule has 3 heterocycles. The average molecular weight is 298 g/mol. The van der Waals surface area contributed by atoms with Crippen molar-refractivity contribution in [2.24, 2.45) is 0 Å². The molecule has 1 N–H and O–H groups in total. The summed E-state index contributed by atoms with van der Waals surface area (Å²) < 4.78 is 0. The molecule has 0 spiro atoms. The number of Topliss-reactive ketones (excluding diaryl/α,β-unsaturated/α-hetero) is 1. The van der Waals surface area contributed by atoms with Gasteiger partial charge in [-0.05, 0) is 43.1 Å². The maximum absolute atomic E-state index is 12.5. The Kier molecular flexibility index (Phi) is 3.34. The minimum atomic E-state index is 0.114. The molecule has 4 rings (SSSR count). The second-order valence-corrected chi connectivity index (χ2v) is 6.94. The molecule has 3 nitrogen and oxygen atoms in total. The van der Waals surface area contributed by atoms with Gasteiger partial charge >= 0.3 is 0 Å². The Labute approximate surface area is 128 Å². The molecular formula is C17H18N2OS. The van der Waals surface area contributed by atoms with Gasteiger partial charge in [0, 0.05) is 46.6 Å². The van der Waals surface area contributed by atoms with Crippen LogP contribution in [-0.2, 0) is 4.79 Å². The largest absolute Gasteiger partial charge is 0.361 e. The summed E-state index contributed by atoms with van der Waals surface area (Å²) in [5.74, 6) is 1.58. The van der Waals surface area contributed by atoms with Crippen LogP contribution in [0.15, 0.2) is 46.4 Å². The van der Waals surface area contributed by atoms with E-state index in [1.54, 1.807) is 6.20 Å². The summed E-state index contributed by atoms with van der Waals surface area (Å²) >= 11 is 1.91. The van der Waals surface area contributed by atoms with Crippen LogP contribution in [0.2, 0.25) is 0 Å². The molecule has 0 radical (unpaired) electrons. The Morgan fingerprint density at radius 3 is 2.95 bits per heavy atom. The molecular weight excluding hydrogens is 280 g/mol. The second kappa shape index (κ2) is 5.34. The number of nitrogens with one attached hydrogen (secondary N) is 1. The van der Waals surface area contributed by atoms with Crippen LogP contribution in [0.5, 0.6) is 0 Å². The monoisotopic (exact) mass is 298 g/mol. The lowest BCUT2D eigenvalue weighted by Crippen LogP contribution is -2.32. The average Bonchev–Trinajstić information content (AvgIpc) is 2.54. The van der Waals surface area contributed by atoms with E-state index in [1.165, 1.54) is 22.7 Å². The molecule has 1 aliphatic carbocycles. The maximum Gasteiger partial charge on any atom is 0.161 e. The highest BCUT2D eigenvalue weighted by molar-refractivity contribution is 8.03. The first-order valence-corrected chi connectivity index (χ1v) is 8.62. The fourth-order valence-corrected chi connectivity index (χ4v) is 4.79. The summed E-state index contributed by atoms with van der Waals surface area (Å²) in [5.41, 5.74) is 4.67. The quantitative estimate of drug-likeness (QED) is 0.861. The number of nitrogens with zero attached hydrogens (tertiary/aromatic N) is 1. The first-order valence-electron chi connectivity index (χ1n) is 7.63.